The standard InChI is InChI=1S/C22H20N4O2/c1-15-23-20-13-10-17(14-21(20)26(15)18-6-4-3-5-7-18)25-22(27)24-16-8-11-19(28-2)12-9-16/h3-14H,1-2H3,(H2,24,25,27). The summed E-state index contributed by atoms with van der Waals surface area (Å²) in [7, 11) is 1.60. The van der Waals surface area contributed by atoms with E-state index in [2.05, 4.69) is 20.2 Å². The second-order valence-corrected chi connectivity index (χ2v) is 6.34. The van der Waals surface area contributed by atoms with Gasteiger partial charge in [0.2, 0.25) is 0 Å². The Hall–Kier alpha value is -3.80. The highest BCUT2D eigenvalue weighted by molar-refractivity contribution is 6.00. The number of aromatic nitrogens is 2. The molecule has 1 aromatic heterocycles. The lowest BCUT2D eigenvalue weighted by molar-refractivity contribution is 0.262. The van der Waals surface area contributed by atoms with Crippen LogP contribution in [0.15, 0.2) is 72.8 Å². The number of nitrogens with zero attached hydrogens (tertiary/aromatic N) is 2. The second-order valence-electron chi connectivity index (χ2n) is 6.34. The fourth-order valence-electron chi connectivity index (χ4n) is 3.14. The summed E-state index contributed by atoms with van der Waals surface area (Å²) < 4.78 is 7.20. The number of hydrogen-bond donors (Lipinski definition) is 2. The number of nitrogens with one attached hydrogen (secondary N) is 2. The first kappa shape index (κ1) is 17.6. The monoisotopic (exact) mass is 372 g/mol. The van der Waals surface area contributed by atoms with E-state index in [1.165, 1.54) is 0 Å². The fraction of sp³-hybridized carbons (Fsp3) is 0.0909. The molecule has 28 heavy (non-hydrogen) atoms. The van der Waals surface area contributed by atoms with Crippen LogP contribution in [-0.4, -0.2) is 22.7 Å². The van der Waals surface area contributed by atoms with Crippen LogP contribution in [0.5, 0.6) is 5.75 Å². The SMILES string of the molecule is COc1ccc(NC(=O)Nc2ccc3nc(C)n(-c4ccccc4)c3c2)cc1. The van der Waals surface area contributed by atoms with E-state index in [0.717, 1.165) is 28.3 Å². The van der Waals surface area contributed by atoms with Crippen molar-refractivity contribution >= 4 is 28.4 Å². The molecule has 0 radical (unpaired) electrons. The molecule has 2 N–H and O–H groups in total. The zero-order valence-corrected chi connectivity index (χ0v) is 15.6. The highest BCUT2D eigenvalue weighted by atomic mass is 16.5. The summed E-state index contributed by atoms with van der Waals surface area (Å²) in [6.45, 7) is 1.97. The number of ether oxygens (including phenoxy) is 1. The van der Waals surface area contributed by atoms with Crippen LogP contribution in [0.25, 0.3) is 16.7 Å². The quantitative estimate of drug-likeness (QED) is 0.530. The minimum atomic E-state index is -0.313. The number of fused-ring (bicyclic) bond motifs is 1. The Balaban J connectivity index is 1.58. The van der Waals surface area contributed by atoms with Gasteiger partial charge in [0.25, 0.3) is 0 Å². The van der Waals surface area contributed by atoms with Gasteiger partial charge in [-0.25, -0.2) is 9.78 Å². The first-order chi connectivity index (χ1) is 13.6. The maximum Gasteiger partial charge on any atom is 0.323 e. The molecule has 0 atom stereocenters. The van der Waals surface area contributed by atoms with Gasteiger partial charge < -0.3 is 15.4 Å². The molecule has 2 amide bonds. The van der Waals surface area contributed by atoms with Gasteiger partial charge in [-0.1, -0.05) is 18.2 Å². The molecule has 0 unspecified atom stereocenters. The molecule has 0 aliphatic carbocycles. The van der Waals surface area contributed by atoms with Crippen LogP contribution in [-0.2, 0) is 0 Å². The number of urea groups is 1. The molecule has 0 bridgehead atoms. The molecular weight excluding hydrogens is 352 g/mol. The zero-order chi connectivity index (χ0) is 19.5. The normalized spacial score (nSPS) is 10.6. The molecule has 1 heterocycles. The van der Waals surface area contributed by atoms with Gasteiger partial charge in [-0.3, -0.25) is 4.57 Å². The van der Waals surface area contributed by atoms with Gasteiger partial charge in [-0.15, -0.1) is 0 Å². The van der Waals surface area contributed by atoms with E-state index in [0.29, 0.717) is 11.4 Å². The molecule has 4 rings (SSSR count). The molecule has 0 spiro atoms. The molecule has 0 fully saturated rings. The van der Waals surface area contributed by atoms with Gasteiger partial charge in [0.1, 0.15) is 11.6 Å². The lowest BCUT2D eigenvalue weighted by atomic mass is 10.2. The average Bonchev–Trinajstić information content (AvgIpc) is 3.04. The smallest absolute Gasteiger partial charge is 0.323 e. The van der Waals surface area contributed by atoms with Gasteiger partial charge in [0, 0.05) is 17.1 Å². The summed E-state index contributed by atoms with van der Waals surface area (Å²) >= 11 is 0. The molecule has 0 aliphatic rings. The number of carbonyl (C=O) groups is 1. The number of benzene rings is 3. The van der Waals surface area contributed by atoms with Crippen LogP contribution in [0.1, 0.15) is 5.82 Å². The molecule has 140 valence electrons. The van der Waals surface area contributed by atoms with E-state index in [4.69, 9.17) is 4.74 Å². The lowest BCUT2D eigenvalue weighted by Gasteiger charge is -2.10. The van der Waals surface area contributed by atoms with Crippen molar-refractivity contribution < 1.29 is 9.53 Å². The molecule has 6 nitrogen and oxygen atoms in total. The van der Waals surface area contributed by atoms with Crippen molar-refractivity contribution in [2.45, 2.75) is 6.92 Å². The van der Waals surface area contributed by atoms with E-state index in [1.807, 2.05) is 55.5 Å². The van der Waals surface area contributed by atoms with E-state index in [1.54, 1.807) is 31.4 Å². The van der Waals surface area contributed by atoms with Crippen molar-refractivity contribution in [3.05, 3.63) is 78.6 Å². The van der Waals surface area contributed by atoms with Crippen LogP contribution < -0.4 is 15.4 Å². The summed E-state index contributed by atoms with van der Waals surface area (Å²) in [5.41, 5.74) is 4.22. The Morgan fingerprint density at radius 2 is 1.61 bits per heavy atom. The number of anilines is 2. The summed E-state index contributed by atoms with van der Waals surface area (Å²) in [5.74, 6) is 1.63. The first-order valence-corrected chi connectivity index (χ1v) is 8.90. The van der Waals surface area contributed by atoms with Crippen LogP contribution in [0.3, 0.4) is 0 Å². The van der Waals surface area contributed by atoms with E-state index in [-0.39, 0.29) is 6.03 Å². The molecular formula is C22H20N4O2. The lowest BCUT2D eigenvalue weighted by Crippen LogP contribution is -2.19. The number of imidazole rings is 1. The van der Waals surface area contributed by atoms with E-state index in [9.17, 15) is 4.79 Å². The maximum atomic E-state index is 12.4. The minimum absolute atomic E-state index is 0.313. The minimum Gasteiger partial charge on any atom is -0.497 e. The predicted octanol–water partition coefficient (Wildman–Crippen LogP) is 4.99. The summed E-state index contributed by atoms with van der Waals surface area (Å²) in [5, 5.41) is 5.69. The number of carbonyl (C=O) groups excluding carboxylic acids is 1. The molecule has 3 aromatic carbocycles. The van der Waals surface area contributed by atoms with Gasteiger partial charge in [-0.2, -0.15) is 0 Å². The highest BCUT2D eigenvalue weighted by Gasteiger charge is 2.11. The van der Waals surface area contributed by atoms with E-state index >= 15 is 0 Å². The Morgan fingerprint density at radius 3 is 2.32 bits per heavy atom. The van der Waals surface area contributed by atoms with Gasteiger partial charge in [0.15, 0.2) is 0 Å². The van der Waals surface area contributed by atoms with Gasteiger partial charge in [0.05, 0.1) is 18.1 Å². The Kier molecular flexibility index (Phi) is 4.68. The molecule has 6 heteroatoms. The van der Waals surface area contributed by atoms with Crippen molar-refractivity contribution in [2.24, 2.45) is 0 Å². The van der Waals surface area contributed by atoms with Gasteiger partial charge >= 0.3 is 6.03 Å². The Labute approximate surface area is 162 Å². The van der Waals surface area contributed by atoms with Crippen LogP contribution >= 0.6 is 0 Å². The summed E-state index contributed by atoms with van der Waals surface area (Å²) in [4.78, 5) is 17.0. The van der Waals surface area contributed by atoms with Gasteiger partial charge in [-0.05, 0) is 61.5 Å². The number of rotatable bonds is 4. The third-order valence-electron chi connectivity index (χ3n) is 4.44. The average molecular weight is 372 g/mol. The molecule has 0 aliphatic heterocycles. The largest absolute Gasteiger partial charge is 0.497 e. The molecule has 4 aromatic rings. The maximum absolute atomic E-state index is 12.4. The van der Waals surface area contributed by atoms with Crippen LogP contribution in [0, 0.1) is 6.92 Å². The molecule has 0 saturated carbocycles. The van der Waals surface area contributed by atoms with Crippen molar-refractivity contribution in [3.63, 3.8) is 0 Å². The van der Waals surface area contributed by atoms with Crippen LogP contribution in [0.4, 0.5) is 16.2 Å². The summed E-state index contributed by atoms with van der Waals surface area (Å²) in [6.07, 6.45) is 0. The highest BCUT2D eigenvalue weighted by Crippen LogP contribution is 2.24. The zero-order valence-electron chi connectivity index (χ0n) is 15.6. The predicted molar refractivity (Wildman–Crippen MR) is 111 cm³/mol. The Bertz CT molecular complexity index is 1120. The third-order valence-corrected chi connectivity index (χ3v) is 4.44. The Morgan fingerprint density at radius 1 is 0.929 bits per heavy atom. The second kappa shape index (κ2) is 7.44. The third kappa shape index (κ3) is 3.53. The number of amides is 2. The van der Waals surface area contributed by atoms with Crippen molar-refractivity contribution in [1.82, 2.24) is 9.55 Å². The first-order valence-electron chi connectivity index (χ1n) is 8.90. The fourth-order valence-corrected chi connectivity index (χ4v) is 3.14. The number of hydrogen-bond acceptors (Lipinski definition) is 3. The topological polar surface area (TPSA) is 68.2 Å². The number of methoxy groups -OCH3 is 1. The number of aryl methyl sites for hydroxylation is 1. The van der Waals surface area contributed by atoms with E-state index < -0.39 is 0 Å². The van der Waals surface area contributed by atoms with Crippen LogP contribution in [0.2, 0.25) is 0 Å². The summed E-state index contributed by atoms with van der Waals surface area (Å²) in [6, 6.07) is 22.6. The van der Waals surface area contributed by atoms with Crippen molar-refractivity contribution in [3.8, 4) is 11.4 Å². The molecule has 0 saturated heterocycles. The van der Waals surface area contributed by atoms with Crippen molar-refractivity contribution in [2.75, 3.05) is 17.7 Å². The number of para-hydroxylation sites is 1. The van der Waals surface area contributed by atoms with Crippen molar-refractivity contribution in [1.29, 1.82) is 0 Å².